The Balaban J connectivity index is 2.01. The molecule has 0 aliphatic carbocycles. The van der Waals surface area contributed by atoms with Crippen LogP contribution in [0.1, 0.15) is 31.9 Å². The molecule has 1 N–H and O–H groups in total. The van der Waals surface area contributed by atoms with Gasteiger partial charge in [-0.3, -0.25) is 9.69 Å². The lowest BCUT2D eigenvalue weighted by Crippen LogP contribution is -2.48. The fourth-order valence-corrected chi connectivity index (χ4v) is 3.07. The maximum Gasteiger partial charge on any atom is 0.305 e. The average molecular weight is 290 g/mol. The van der Waals surface area contributed by atoms with Crippen LogP contribution in [0.25, 0.3) is 0 Å². The Kier molecular flexibility index (Phi) is 5.76. The van der Waals surface area contributed by atoms with E-state index in [1.807, 2.05) is 30.3 Å². The van der Waals surface area contributed by atoms with Gasteiger partial charge in [-0.05, 0) is 11.5 Å². The van der Waals surface area contributed by atoms with Gasteiger partial charge in [0, 0.05) is 38.8 Å². The van der Waals surface area contributed by atoms with Gasteiger partial charge >= 0.3 is 5.97 Å². The van der Waals surface area contributed by atoms with Crippen LogP contribution in [-0.4, -0.2) is 53.6 Å². The summed E-state index contributed by atoms with van der Waals surface area (Å²) in [6.07, 6.45) is 0.175. The van der Waals surface area contributed by atoms with Gasteiger partial charge in [0.25, 0.3) is 0 Å². The van der Waals surface area contributed by atoms with Crippen LogP contribution in [0.3, 0.4) is 0 Å². The van der Waals surface area contributed by atoms with Crippen molar-refractivity contribution in [2.45, 2.75) is 26.3 Å². The van der Waals surface area contributed by atoms with Crippen LogP contribution in [0.15, 0.2) is 30.3 Å². The first-order valence-corrected chi connectivity index (χ1v) is 7.79. The van der Waals surface area contributed by atoms with Gasteiger partial charge in [-0.1, -0.05) is 44.2 Å². The topological polar surface area (TPSA) is 43.8 Å². The van der Waals surface area contributed by atoms with Crippen LogP contribution < -0.4 is 0 Å². The highest BCUT2D eigenvalue weighted by Crippen LogP contribution is 2.25. The van der Waals surface area contributed by atoms with Gasteiger partial charge in [0.1, 0.15) is 0 Å². The Bertz CT molecular complexity index is 439. The van der Waals surface area contributed by atoms with Gasteiger partial charge in [0.2, 0.25) is 0 Å². The predicted octanol–water partition coefficient (Wildman–Crippen LogP) is 2.48. The third-order valence-corrected chi connectivity index (χ3v) is 4.02. The molecule has 0 saturated carbocycles. The summed E-state index contributed by atoms with van der Waals surface area (Å²) in [5.74, 6) is -0.0473. The number of carboxylic acid groups (broad SMARTS) is 1. The zero-order chi connectivity index (χ0) is 15.2. The minimum Gasteiger partial charge on any atom is -0.481 e. The van der Waals surface area contributed by atoms with E-state index in [9.17, 15) is 9.90 Å². The summed E-state index contributed by atoms with van der Waals surface area (Å²) >= 11 is 0. The molecule has 4 heteroatoms. The molecule has 1 aliphatic heterocycles. The fourth-order valence-electron chi connectivity index (χ4n) is 3.07. The molecule has 1 aromatic carbocycles. The zero-order valence-corrected chi connectivity index (χ0v) is 13.0. The standard InChI is InChI=1S/C17H26N2O2/c1-14(2)13-18-8-10-19(11-9-18)16(12-17(20)21)15-6-4-3-5-7-15/h3-7,14,16H,8-13H2,1-2H3,(H,20,21). The summed E-state index contributed by atoms with van der Waals surface area (Å²) in [6.45, 7) is 9.55. The lowest BCUT2D eigenvalue weighted by Gasteiger charge is -2.39. The van der Waals surface area contributed by atoms with Gasteiger partial charge in [-0.25, -0.2) is 0 Å². The van der Waals surface area contributed by atoms with Crippen molar-refractivity contribution in [1.29, 1.82) is 0 Å². The van der Waals surface area contributed by atoms with Crippen molar-refractivity contribution in [2.24, 2.45) is 5.92 Å². The third kappa shape index (κ3) is 4.83. The van der Waals surface area contributed by atoms with Gasteiger partial charge in [0.15, 0.2) is 0 Å². The lowest BCUT2D eigenvalue weighted by atomic mass is 10.0. The molecule has 0 radical (unpaired) electrons. The molecule has 0 amide bonds. The molecule has 0 spiro atoms. The van der Waals surface area contributed by atoms with Crippen molar-refractivity contribution in [3.05, 3.63) is 35.9 Å². The predicted molar refractivity (Wildman–Crippen MR) is 84.3 cm³/mol. The Morgan fingerprint density at radius 3 is 2.29 bits per heavy atom. The Labute approximate surface area is 127 Å². The largest absolute Gasteiger partial charge is 0.481 e. The summed E-state index contributed by atoms with van der Waals surface area (Å²) < 4.78 is 0. The third-order valence-electron chi connectivity index (χ3n) is 4.02. The summed E-state index contributed by atoms with van der Waals surface area (Å²) in [5, 5.41) is 9.21. The molecule has 1 aliphatic rings. The van der Waals surface area contributed by atoms with E-state index in [2.05, 4.69) is 23.6 Å². The molecule has 2 rings (SSSR count). The van der Waals surface area contributed by atoms with Crippen LogP contribution in [0.4, 0.5) is 0 Å². The summed E-state index contributed by atoms with van der Waals surface area (Å²) in [5.41, 5.74) is 1.11. The van der Waals surface area contributed by atoms with Crippen LogP contribution in [-0.2, 0) is 4.79 Å². The number of carboxylic acids is 1. The first kappa shape index (κ1) is 16.0. The van der Waals surface area contributed by atoms with Gasteiger partial charge in [-0.2, -0.15) is 0 Å². The van der Waals surface area contributed by atoms with Crippen molar-refractivity contribution in [3.8, 4) is 0 Å². The monoisotopic (exact) mass is 290 g/mol. The first-order valence-electron chi connectivity index (χ1n) is 7.79. The van der Waals surface area contributed by atoms with Crippen molar-refractivity contribution >= 4 is 5.97 Å². The van der Waals surface area contributed by atoms with Crippen LogP contribution >= 0.6 is 0 Å². The van der Waals surface area contributed by atoms with E-state index in [1.165, 1.54) is 0 Å². The Morgan fingerprint density at radius 2 is 1.76 bits per heavy atom. The van der Waals surface area contributed by atoms with Crippen molar-refractivity contribution in [2.75, 3.05) is 32.7 Å². The van der Waals surface area contributed by atoms with E-state index in [4.69, 9.17) is 0 Å². The summed E-state index contributed by atoms with van der Waals surface area (Å²) in [6, 6.07) is 10.0. The molecule has 1 unspecified atom stereocenters. The number of hydrogen-bond donors (Lipinski definition) is 1. The molecule has 1 aromatic rings. The van der Waals surface area contributed by atoms with Gasteiger partial charge in [0.05, 0.1) is 6.42 Å². The number of nitrogens with zero attached hydrogens (tertiary/aromatic N) is 2. The molecule has 21 heavy (non-hydrogen) atoms. The van der Waals surface area contributed by atoms with Crippen molar-refractivity contribution < 1.29 is 9.90 Å². The van der Waals surface area contributed by atoms with Crippen LogP contribution in [0, 0.1) is 5.92 Å². The lowest BCUT2D eigenvalue weighted by molar-refractivity contribution is -0.138. The van der Waals surface area contributed by atoms with E-state index >= 15 is 0 Å². The highest BCUT2D eigenvalue weighted by Gasteiger charge is 2.26. The molecule has 4 nitrogen and oxygen atoms in total. The maximum atomic E-state index is 11.2. The molecule has 1 saturated heterocycles. The summed E-state index contributed by atoms with van der Waals surface area (Å²) in [4.78, 5) is 16.0. The number of piperazine rings is 1. The highest BCUT2D eigenvalue weighted by molar-refractivity contribution is 5.68. The molecule has 1 atom stereocenters. The first-order chi connectivity index (χ1) is 10.1. The maximum absolute atomic E-state index is 11.2. The molecule has 0 bridgehead atoms. The number of hydrogen-bond acceptors (Lipinski definition) is 3. The van der Waals surface area contributed by atoms with E-state index in [1.54, 1.807) is 0 Å². The minimum absolute atomic E-state index is 0.00935. The quantitative estimate of drug-likeness (QED) is 0.874. The van der Waals surface area contributed by atoms with Crippen molar-refractivity contribution in [1.82, 2.24) is 9.80 Å². The fraction of sp³-hybridized carbons (Fsp3) is 0.588. The average Bonchev–Trinajstić information content (AvgIpc) is 2.46. The van der Waals surface area contributed by atoms with Gasteiger partial charge in [-0.15, -0.1) is 0 Å². The Hall–Kier alpha value is -1.39. The van der Waals surface area contributed by atoms with E-state index in [-0.39, 0.29) is 12.5 Å². The van der Waals surface area contributed by atoms with E-state index < -0.39 is 5.97 Å². The molecule has 116 valence electrons. The number of carbonyl (C=O) groups is 1. The molecule has 0 aromatic heterocycles. The van der Waals surface area contributed by atoms with E-state index in [0.717, 1.165) is 38.3 Å². The Morgan fingerprint density at radius 1 is 1.14 bits per heavy atom. The molecular weight excluding hydrogens is 264 g/mol. The molecule has 1 fully saturated rings. The number of benzene rings is 1. The number of aliphatic carboxylic acids is 1. The number of rotatable bonds is 6. The highest BCUT2D eigenvalue weighted by atomic mass is 16.4. The second kappa shape index (κ2) is 7.57. The molecule has 1 heterocycles. The smallest absolute Gasteiger partial charge is 0.305 e. The van der Waals surface area contributed by atoms with Gasteiger partial charge < -0.3 is 10.0 Å². The van der Waals surface area contributed by atoms with E-state index in [0.29, 0.717) is 5.92 Å². The second-order valence-electron chi connectivity index (χ2n) is 6.25. The van der Waals surface area contributed by atoms with Crippen molar-refractivity contribution in [3.63, 3.8) is 0 Å². The van der Waals surface area contributed by atoms with Crippen LogP contribution in [0.5, 0.6) is 0 Å². The van der Waals surface area contributed by atoms with Crippen LogP contribution in [0.2, 0.25) is 0 Å². The second-order valence-corrected chi connectivity index (χ2v) is 6.25. The zero-order valence-electron chi connectivity index (χ0n) is 13.0. The summed E-state index contributed by atoms with van der Waals surface area (Å²) in [7, 11) is 0. The minimum atomic E-state index is -0.728. The SMILES string of the molecule is CC(C)CN1CCN(C(CC(=O)O)c2ccccc2)CC1. The molecular formula is C17H26N2O2. The normalized spacial score (nSPS) is 18.8.